The van der Waals surface area contributed by atoms with Crippen LogP contribution in [0.3, 0.4) is 0 Å². The Morgan fingerprint density at radius 1 is 1.26 bits per heavy atom. The molecule has 3 aromatic rings. The van der Waals surface area contributed by atoms with Gasteiger partial charge in [-0.1, -0.05) is 41.7 Å². The topological polar surface area (TPSA) is 91.2 Å². The van der Waals surface area contributed by atoms with Crippen molar-refractivity contribution < 1.29 is 0 Å². The second kappa shape index (κ2) is 6.37. The van der Waals surface area contributed by atoms with Crippen LogP contribution >= 0.6 is 11.3 Å². The van der Waals surface area contributed by atoms with Crippen molar-refractivity contribution in [3.63, 3.8) is 0 Å². The van der Waals surface area contributed by atoms with Crippen molar-refractivity contribution in [3.8, 4) is 17.3 Å². The minimum absolute atomic E-state index is 0.385. The van der Waals surface area contributed by atoms with Crippen molar-refractivity contribution in [2.24, 2.45) is 17.3 Å². The molecule has 7 nitrogen and oxygen atoms in total. The van der Waals surface area contributed by atoms with Crippen molar-refractivity contribution in [1.29, 1.82) is 5.26 Å². The Hall–Kier alpha value is -3.05. The number of azo groups is 1. The summed E-state index contributed by atoms with van der Waals surface area (Å²) in [4.78, 5) is 4.53. The second-order valence-corrected chi connectivity index (χ2v) is 5.58. The number of aryl methyl sites for hydroxylation is 1. The van der Waals surface area contributed by atoms with E-state index in [1.807, 2.05) is 37.4 Å². The van der Waals surface area contributed by atoms with Gasteiger partial charge in [-0.2, -0.15) is 10.4 Å². The zero-order valence-electron chi connectivity index (χ0n) is 12.6. The molecule has 0 amide bonds. The number of thiazole rings is 1. The van der Waals surface area contributed by atoms with Gasteiger partial charge in [0.1, 0.15) is 17.3 Å². The van der Waals surface area contributed by atoms with Gasteiger partial charge in [0.25, 0.3) is 0 Å². The number of anilines is 1. The lowest BCUT2D eigenvalue weighted by Crippen LogP contribution is -1.87. The lowest BCUT2D eigenvalue weighted by molar-refractivity contribution is 0.764. The SMILES string of the molecule is CNc1nc(-c2ccccc2)c(/N=N/c2c(C#N)cnn2C)s1. The van der Waals surface area contributed by atoms with Crippen LogP contribution in [0.2, 0.25) is 0 Å². The van der Waals surface area contributed by atoms with E-state index in [0.717, 1.165) is 16.4 Å². The molecule has 0 spiro atoms. The van der Waals surface area contributed by atoms with Gasteiger partial charge < -0.3 is 5.32 Å². The molecule has 3 rings (SSSR count). The summed E-state index contributed by atoms with van der Waals surface area (Å²) in [6, 6.07) is 11.8. The Morgan fingerprint density at radius 2 is 2.04 bits per heavy atom. The average Bonchev–Trinajstić information content (AvgIpc) is 3.16. The predicted molar refractivity (Wildman–Crippen MR) is 89.2 cm³/mol. The first-order valence-corrected chi connectivity index (χ1v) is 7.62. The van der Waals surface area contributed by atoms with Crippen molar-refractivity contribution in [2.45, 2.75) is 0 Å². The Morgan fingerprint density at radius 3 is 2.74 bits per heavy atom. The number of hydrogen-bond acceptors (Lipinski definition) is 7. The molecule has 0 aliphatic rings. The largest absolute Gasteiger partial charge is 0.365 e. The van der Waals surface area contributed by atoms with Gasteiger partial charge in [-0.25, -0.2) is 9.67 Å². The van der Waals surface area contributed by atoms with Crippen molar-refractivity contribution >= 4 is 27.3 Å². The van der Waals surface area contributed by atoms with Crippen LogP contribution in [0.25, 0.3) is 11.3 Å². The maximum absolute atomic E-state index is 9.08. The van der Waals surface area contributed by atoms with Gasteiger partial charge in [-0.15, -0.1) is 10.2 Å². The van der Waals surface area contributed by atoms with Gasteiger partial charge in [0.05, 0.1) is 6.20 Å². The highest BCUT2D eigenvalue weighted by atomic mass is 32.1. The maximum Gasteiger partial charge on any atom is 0.190 e. The van der Waals surface area contributed by atoms with E-state index in [4.69, 9.17) is 5.26 Å². The van der Waals surface area contributed by atoms with Crippen molar-refractivity contribution in [3.05, 3.63) is 42.1 Å². The van der Waals surface area contributed by atoms with Crippen LogP contribution < -0.4 is 5.32 Å². The van der Waals surface area contributed by atoms with Crippen molar-refractivity contribution in [1.82, 2.24) is 14.8 Å². The van der Waals surface area contributed by atoms with Crippen molar-refractivity contribution in [2.75, 3.05) is 12.4 Å². The zero-order valence-corrected chi connectivity index (χ0v) is 13.4. The molecule has 2 heterocycles. The molecular weight excluding hydrogens is 310 g/mol. The van der Waals surface area contributed by atoms with Crippen LogP contribution in [-0.4, -0.2) is 21.8 Å². The highest BCUT2D eigenvalue weighted by Gasteiger charge is 2.13. The monoisotopic (exact) mass is 323 g/mol. The van der Waals surface area contributed by atoms with Crippen LogP contribution in [0.4, 0.5) is 16.0 Å². The Balaban J connectivity index is 2.03. The molecule has 8 heteroatoms. The van der Waals surface area contributed by atoms with E-state index in [1.165, 1.54) is 22.2 Å². The fourth-order valence-electron chi connectivity index (χ4n) is 1.99. The number of hydrogen-bond donors (Lipinski definition) is 1. The molecule has 0 saturated carbocycles. The fourth-order valence-corrected chi connectivity index (χ4v) is 2.76. The van der Waals surface area contributed by atoms with Gasteiger partial charge in [0.2, 0.25) is 0 Å². The van der Waals surface area contributed by atoms with Gasteiger partial charge in [0.15, 0.2) is 16.0 Å². The normalized spacial score (nSPS) is 10.8. The molecule has 0 fully saturated rings. The Bertz CT molecular complexity index is 886. The Kier molecular flexibility index (Phi) is 4.12. The molecule has 0 saturated heterocycles. The molecule has 0 unspecified atom stereocenters. The minimum Gasteiger partial charge on any atom is -0.365 e. The van der Waals surface area contributed by atoms with E-state index in [9.17, 15) is 0 Å². The lowest BCUT2D eigenvalue weighted by Gasteiger charge is -1.97. The number of nitriles is 1. The number of nitrogens with one attached hydrogen (secondary N) is 1. The standard InChI is InChI=1S/C15H13N7S/c1-17-15-19-12(10-6-4-3-5-7-10)14(23-15)21-20-13-11(8-16)9-18-22(13)2/h3-7,9H,1-2H3,(H,17,19)/b21-20+. The average molecular weight is 323 g/mol. The summed E-state index contributed by atoms with van der Waals surface area (Å²) in [5.74, 6) is 0.422. The fraction of sp³-hybridized carbons (Fsp3) is 0.133. The Labute approximate surface area is 136 Å². The smallest absolute Gasteiger partial charge is 0.190 e. The molecule has 0 atom stereocenters. The molecule has 0 aliphatic carbocycles. The molecule has 1 aromatic carbocycles. The van der Waals surface area contributed by atoms with Gasteiger partial charge >= 0.3 is 0 Å². The quantitative estimate of drug-likeness (QED) is 0.738. The first kappa shape index (κ1) is 14.9. The zero-order chi connectivity index (χ0) is 16.2. The number of rotatable bonds is 4. The van der Waals surface area contributed by atoms with Crippen LogP contribution in [0.5, 0.6) is 0 Å². The number of nitrogens with zero attached hydrogens (tertiary/aromatic N) is 6. The van der Waals surface area contributed by atoms with Gasteiger partial charge in [-0.3, -0.25) is 0 Å². The summed E-state index contributed by atoms with van der Waals surface area (Å²) in [5.41, 5.74) is 2.10. The molecule has 114 valence electrons. The molecule has 0 radical (unpaired) electrons. The summed E-state index contributed by atoms with van der Waals surface area (Å²) in [7, 11) is 3.53. The van der Waals surface area contributed by atoms with E-state index in [-0.39, 0.29) is 0 Å². The van der Waals surface area contributed by atoms with E-state index < -0.39 is 0 Å². The minimum atomic E-state index is 0.385. The third-order valence-electron chi connectivity index (χ3n) is 3.13. The summed E-state index contributed by atoms with van der Waals surface area (Å²) < 4.78 is 1.52. The highest BCUT2D eigenvalue weighted by molar-refractivity contribution is 7.19. The van der Waals surface area contributed by atoms with E-state index in [1.54, 1.807) is 7.05 Å². The van der Waals surface area contributed by atoms with E-state index in [2.05, 4.69) is 31.7 Å². The summed E-state index contributed by atoms with van der Waals surface area (Å²) in [6.07, 6.45) is 1.47. The highest BCUT2D eigenvalue weighted by Crippen LogP contribution is 2.38. The van der Waals surface area contributed by atoms with Crippen LogP contribution in [0.15, 0.2) is 46.8 Å². The van der Waals surface area contributed by atoms with Gasteiger partial charge in [-0.05, 0) is 0 Å². The summed E-state index contributed by atoms with van der Waals surface area (Å²) in [5, 5.41) is 26.0. The first-order valence-electron chi connectivity index (χ1n) is 6.80. The summed E-state index contributed by atoms with van der Waals surface area (Å²) >= 11 is 1.40. The molecule has 23 heavy (non-hydrogen) atoms. The molecule has 2 aromatic heterocycles. The lowest BCUT2D eigenvalue weighted by atomic mass is 10.2. The first-order chi connectivity index (χ1) is 11.2. The molecule has 0 bridgehead atoms. The molecular formula is C15H13N7S. The number of aromatic nitrogens is 3. The maximum atomic E-state index is 9.08. The van der Waals surface area contributed by atoms with Gasteiger partial charge in [0, 0.05) is 19.7 Å². The van der Waals surface area contributed by atoms with Crippen LogP contribution in [-0.2, 0) is 7.05 Å². The van der Waals surface area contributed by atoms with Crippen LogP contribution in [0.1, 0.15) is 5.56 Å². The predicted octanol–water partition coefficient (Wildman–Crippen LogP) is 3.87. The second-order valence-electron chi connectivity index (χ2n) is 4.61. The van der Waals surface area contributed by atoms with E-state index >= 15 is 0 Å². The molecule has 0 aliphatic heterocycles. The van der Waals surface area contributed by atoms with Crippen LogP contribution in [0, 0.1) is 11.3 Å². The van der Waals surface area contributed by atoms with E-state index in [0.29, 0.717) is 16.4 Å². The number of benzene rings is 1. The third kappa shape index (κ3) is 2.95. The molecule has 1 N–H and O–H groups in total. The third-order valence-corrected chi connectivity index (χ3v) is 4.09. The summed E-state index contributed by atoms with van der Waals surface area (Å²) in [6.45, 7) is 0.